The second-order valence-corrected chi connectivity index (χ2v) is 5.54. The van der Waals surface area contributed by atoms with Crippen molar-refractivity contribution in [3.05, 3.63) is 29.3 Å². The molecule has 0 spiro atoms. The molecule has 0 heterocycles. The van der Waals surface area contributed by atoms with Gasteiger partial charge in [0.25, 0.3) is 0 Å². The summed E-state index contributed by atoms with van der Waals surface area (Å²) < 4.78 is 5.29. The van der Waals surface area contributed by atoms with Crippen LogP contribution in [0.1, 0.15) is 37.3 Å². The van der Waals surface area contributed by atoms with Crippen LogP contribution in [0.5, 0.6) is 5.75 Å². The average molecular weight is 219 g/mol. The summed E-state index contributed by atoms with van der Waals surface area (Å²) in [7, 11) is 1.72. The third kappa shape index (κ3) is 2.07. The summed E-state index contributed by atoms with van der Waals surface area (Å²) in [5, 5.41) is 0. The molecule has 2 N–H and O–H groups in total. The van der Waals surface area contributed by atoms with Crippen LogP contribution in [0.3, 0.4) is 0 Å². The lowest BCUT2D eigenvalue weighted by Crippen LogP contribution is -2.29. The van der Waals surface area contributed by atoms with Gasteiger partial charge in [0.2, 0.25) is 0 Å². The van der Waals surface area contributed by atoms with Crippen LogP contribution in [-0.4, -0.2) is 13.7 Å². The van der Waals surface area contributed by atoms with Gasteiger partial charge in [0, 0.05) is 0 Å². The fourth-order valence-electron chi connectivity index (χ4n) is 2.84. The van der Waals surface area contributed by atoms with E-state index in [1.165, 1.54) is 17.5 Å². The van der Waals surface area contributed by atoms with Crippen LogP contribution in [-0.2, 0) is 6.42 Å². The maximum absolute atomic E-state index is 5.88. The first-order valence-corrected chi connectivity index (χ1v) is 5.92. The SMILES string of the molecule is COc1ccc2c(c1)CC(C)(C)CC2CN. The summed E-state index contributed by atoms with van der Waals surface area (Å²) in [6.07, 6.45) is 2.30. The molecular weight excluding hydrogens is 198 g/mol. The van der Waals surface area contributed by atoms with E-state index in [0.29, 0.717) is 11.3 Å². The summed E-state index contributed by atoms with van der Waals surface area (Å²) in [4.78, 5) is 0. The number of hydrogen-bond acceptors (Lipinski definition) is 2. The maximum Gasteiger partial charge on any atom is 0.119 e. The number of hydrogen-bond donors (Lipinski definition) is 1. The number of rotatable bonds is 2. The molecule has 16 heavy (non-hydrogen) atoms. The second-order valence-electron chi connectivity index (χ2n) is 5.54. The van der Waals surface area contributed by atoms with Gasteiger partial charge < -0.3 is 10.5 Å². The highest BCUT2D eigenvalue weighted by Crippen LogP contribution is 2.42. The third-order valence-corrected chi connectivity index (χ3v) is 3.54. The van der Waals surface area contributed by atoms with Crippen LogP contribution in [0.25, 0.3) is 0 Å². The smallest absolute Gasteiger partial charge is 0.119 e. The third-order valence-electron chi connectivity index (χ3n) is 3.54. The molecule has 2 rings (SSSR count). The van der Waals surface area contributed by atoms with Gasteiger partial charge in [0.1, 0.15) is 5.75 Å². The summed E-state index contributed by atoms with van der Waals surface area (Å²) in [6.45, 7) is 5.37. The van der Waals surface area contributed by atoms with Crippen molar-refractivity contribution in [3.63, 3.8) is 0 Å². The van der Waals surface area contributed by atoms with Crippen LogP contribution >= 0.6 is 0 Å². The molecule has 1 aliphatic carbocycles. The van der Waals surface area contributed by atoms with Gasteiger partial charge in [-0.25, -0.2) is 0 Å². The Morgan fingerprint density at radius 2 is 2.19 bits per heavy atom. The van der Waals surface area contributed by atoms with Crippen molar-refractivity contribution >= 4 is 0 Å². The molecule has 1 aliphatic rings. The fourth-order valence-corrected chi connectivity index (χ4v) is 2.84. The minimum Gasteiger partial charge on any atom is -0.497 e. The van der Waals surface area contributed by atoms with E-state index in [1.54, 1.807) is 7.11 Å². The van der Waals surface area contributed by atoms with E-state index < -0.39 is 0 Å². The van der Waals surface area contributed by atoms with Gasteiger partial charge in [-0.15, -0.1) is 0 Å². The Balaban J connectivity index is 2.42. The minimum absolute atomic E-state index is 0.351. The van der Waals surface area contributed by atoms with E-state index in [-0.39, 0.29) is 0 Å². The van der Waals surface area contributed by atoms with E-state index in [2.05, 4.69) is 26.0 Å². The van der Waals surface area contributed by atoms with E-state index in [9.17, 15) is 0 Å². The van der Waals surface area contributed by atoms with Crippen molar-refractivity contribution in [1.29, 1.82) is 0 Å². The van der Waals surface area contributed by atoms with Crippen molar-refractivity contribution in [3.8, 4) is 5.75 Å². The molecule has 0 aromatic heterocycles. The topological polar surface area (TPSA) is 35.2 Å². The standard InChI is InChI=1S/C14H21NO/c1-14(2)7-10-6-12(16-3)4-5-13(10)11(8-14)9-15/h4-6,11H,7-9,15H2,1-3H3. The molecule has 0 radical (unpaired) electrons. The second kappa shape index (κ2) is 4.10. The fraction of sp³-hybridized carbons (Fsp3) is 0.571. The molecule has 0 bridgehead atoms. The van der Waals surface area contributed by atoms with Gasteiger partial charge in [0.05, 0.1) is 7.11 Å². The van der Waals surface area contributed by atoms with Crippen molar-refractivity contribution in [2.24, 2.45) is 11.1 Å². The van der Waals surface area contributed by atoms with Gasteiger partial charge in [-0.05, 0) is 54.0 Å². The van der Waals surface area contributed by atoms with Gasteiger partial charge in [-0.3, -0.25) is 0 Å². The first-order chi connectivity index (χ1) is 7.55. The predicted molar refractivity (Wildman–Crippen MR) is 66.9 cm³/mol. The lowest BCUT2D eigenvalue weighted by Gasteiger charge is -2.36. The predicted octanol–water partition coefficient (Wildman–Crippen LogP) is 2.71. The number of ether oxygens (including phenoxy) is 1. The minimum atomic E-state index is 0.351. The van der Waals surface area contributed by atoms with Crippen LogP contribution < -0.4 is 10.5 Å². The molecule has 1 aromatic rings. The van der Waals surface area contributed by atoms with Crippen LogP contribution in [0.2, 0.25) is 0 Å². The zero-order valence-corrected chi connectivity index (χ0v) is 10.4. The Bertz CT molecular complexity index is 384. The molecule has 0 saturated carbocycles. The quantitative estimate of drug-likeness (QED) is 0.830. The Morgan fingerprint density at radius 3 is 2.81 bits per heavy atom. The van der Waals surface area contributed by atoms with Crippen LogP contribution in [0.15, 0.2) is 18.2 Å². The average Bonchev–Trinajstić information content (AvgIpc) is 2.25. The maximum atomic E-state index is 5.88. The summed E-state index contributed by atoms with van der Waals surface area (Å²) in [5.74, 6) is 1.46. The zero-order chi connectivity index (χ0) is 11.8. The van der Waals surface area contributed by atoms with Gasteiger partial charge in [-0.2, -0.15) is 0 Å². The first kappa shape index (κ1) is 11.5. The van der Waals surface area contributed by atoms with E-state index in [4.69, 9.17) is 10.5 Å². The Morgan fingerprint density at radius 1 is 1.44 bits per heavy atom. The lowest BCUT2D eigenvalue weighted by atomic mass is 9.69. The number of nitrogens with two attached hydrogens (primary N) is 1. The van der Waals surface area contributed by atoms with Crippen molar-refractivity contribution in [2.75, 3.05) is 13.7 Å². The molecule has 88 valence electrons. The normalized spacial score (nSPS) is 22.6. The van der Waals surface area contributed by atoms with Crippen LogP contribution in [0, 0.1) is 5.41 Å². The molecule has 1 aromatic carbocycles. The number of fused-ring (bicyclic) bond motifs is 1. The van der Waals surface area contributed by atoms with E-state index in [1.807, 2.05) is 6.07 Å². The highest BCUT2D eigenvalue weighted by Gasteiger charge is 2.31. The molecule has 0 fully saturated rings. The molecule has 1 atom stereocenters. The van der Waals surface area contributed by atoms with E-state index >= 15 is 0 Å². The lowest BCUT2D eigenvalue weighted by molar-refractivity contribution is 0.282. The molecule has 2 heteroatoms. The first-order valence-electron chi connectivity index (χ1n) is 5.92. The van der Waals surface area contributed by atoms with Crippen molar-refractivity contribution in [1.82, 2.24) is 0 Å². The molecular formula is C14H21NO. The van der Waals surface area contributed by atoms with E-state index in [0.717, 1.165) is 18.7 Å². The summed E-state index contributed by atoms with van der Waals surface area (Å²) in [6, 6.07) is 6.39. The molecule has 0 aliphatic heterocycles. The highest BCUT2D eigenvalue weighted by molar-refractivity contribution is 5.40. The number of benzene rings is 1. The Labute approximate surface area is 97.8 Å². The number of methoxy groups -OCH3 is 1. The molecule has 0 amide bonds. The van der Waals surface area contributed by atoms with Crippen molar-refractivity contribution < 1.29 is 4.74 Å². The molecule has 2 nitrogen and oxygen atoms in total. The van der Waals surface area contributed by atoms with Crippen LogP contribution in [0.4, 0.5) is 0 Å². The zero-order valence-electron chi connectivity index (χ0n) is 10.4. The Hall–Kier alpha value is -1.02. The van der Waals surface area contributed by atoms with Crippen molar-refractivity contribution in [2.45, 2.75) is 32.6 Å². The van der Waals surface area contributed by atoms with Gasteiger partial charge >= 0.3 is 0 Å². The molecule has 1 unspecified atom stereocenters. The molecule has 0 saturated heterocycles. The van der Waals surface area contributed by atoms with Gasteiger partial charge in [-0.1, -0.05) is 19.9 Å². The summed E-state index contributed by atoms with van der Waals surface area (Å²) in [5.41, 5.74) is 9.06. The summed E-state index contributed by atoms with van der Waals surface area (Å²) >= 11 is 0. The largest absolute Gasteiger partial charge is 0.497 e. The van der Waals surface area contributed by atoms with Gasteiger partial charge in [0.15, 0.2) is 0 Å². The monoisotopic (exact) mass is 219 g/mol. The Kier molecular flexibility index (Phi) is 2.94. The highest BCUT2D eigenvalue weighted by atomic mass is 16.5.